The summed E-state index contributed by atoms with van der Waals surface area (Å²) in [7, 11) is 0. The zero-order valence-electron chi connectivity index (χ0n) is 12.7. The first-order valence-corrected chi connectivity index (χ1v) is 8.91. The lowest BCUT2D eigenvalue weighted by Crippen LogP contribution is -2.43. The van der Waals surface area contributed by atoms with Crippen LogP contribution in [0.3, 0.4) is 0 Å². The molecule has 4 nitrogen and oxygen atoms in total. The van der Waals surface area contributed by atoms with Gasteiger partial charge in [-0.2, -0.15) is 0 Å². The summed E-state index contributed by atoms with van der Waals surface area (Å²) < 4.78 is 4.66. The van der Waals surface area contributed by atoms with Gasteiger partial charge in [-0.1, -0.05) is 43.1 Å². The number of rotatable bonds is 3. The van der Waals surface area contributed by atoms with Gasteiger partial charge in [0.25, 0.3) is 0 Å². The van der Waals surface area contributed by atoms with Crippen LogP contribution in [0, 0.1) is 5.92 Å². The van der Waals surface area contributed by atoms with Crippen LogP contribution in [-0.2, 0) is 0 Å². The van der Waals surface area contributed by atoms with Crippen LogP contribution in [0.5, 0.6) is 0 Å². The molecule has 0 saturated carbocycles. The average Bonchev–Trinajstić information content (AvgIpc) is 3.10. The summed E-state index contributed by atoms with van der Waals surface area (Å²) in [6, 6.07) is 8.74. The van der Waals surface area contributed by atoms with E-state index in [1.54, 1.807) is 0 Å². The Morgan fingerprint density at radius 1 is 1.36 bits per heavy atom. The summed E-state index contributed by atoms with van der Waals surface area (Å²) >= 11 is 1.88. The second kappa shape index (κ2) is 5.72. The first-order chi connectivity index (χ1) is 10.8. The van der Waals surface area contributed by atoms with Gasteiger partial charge in [0.15, 0.2) is 0 Å². The molecule has 0 spiro atoms. The molecule has 0 radical (unpaired) electrons. The molecule has 1 aromatic carbocycles. The van der Waals surface area contributed by atoms with Crippen LogP contribution in [-0.4, -0.2) is 43.9 Å². The number of imidazole rings is 1. The SMILES string of the molecule is CCSN1CCC(O)C(C2c3ccccc3-c3cncn32)C1. The van der Waals surface area contributed by atoms with Crippen LogP contribution in [0.15, 0.2) is 36.8 Å². The fraction of sp³-hybridized carbons (Fsp3) is 0.471. The Morgan fingerprint density at radius 2 is 2.23 bits per heavy atom. The van der Waals surface area contributed by atoms with Crippen LogP contribution in [0.4, 0.5) is 0 Å². The summed E-state index contributed by atoms with van der Waals surface area (Å²) in [4.78, 5) is 4.33. The Kier molecular flexibility index (Phi) is 3.72. The Morgan fingerprint density at radius 3 is 3.09 bits per heavy atom. The molecule has 0 amide bonds. The highest BCUT2D eigenvalue weighted by atomic mass is 32.2. The molecule has 2 aliphatic rings. The number of aromatic nitrogens is 2. The summed E-state index contributed by atoms with van der Waals surface area (Å²) in [5.41, 5.74) is 3.76. The summed E-state index contributed by atoms with van der Waals surface area (Å²) in [6.45, 7) is 4.08. The fourth-order valence-electron chi connectivity index (χ4n) is 3.86. The summed E-state index contributed by atoms with van der Waals surface area (Å²) in [6.07, 6.45) is 4.45. The molecule has 2 aliphatic heterocycles. The average molecular weight is 315 g/mol. The van der Waals surface area contributed by atoms with Gasteiger partial charge in [-0.3, -0.25) is 4.31 Å². The van der Waals surface area contributed by atoms with Gasteiger partial charge in [0.1, 0.15) is 0 Å². The second-order valence-corrected chi connectivity index (χ2v) is 7.40. The van der Waals surface area contributed by atoms with Crippen molar-refractivity contribution in [1.29, 1.82) is 0 Å². The third kappa shape index (κ3) is 2.19. The molecule has 4 rings (SSSR count). The third-order valence-electron chi connectivity index (χ3n) is 4.82. The predicted molar refractivity (Wildman–Crippen MR) is 89.6 cm³/mol. The van der Waals surface area contributed by atoms with E-state index in [1.165, 1.54) is 16.8 Å². The fourth-order valence-corrected chi connectivity index (χ4v) is 4.74. The number of hydrogen-bond acceptors (Lipinski definition) is 4. The highest BCUT2D eigenvalue weighted by Crippen LogP contribution is 2.45. The van der Waals surface area contributed by atoms with Gasteiger partial charge in [0.2, 0.25) is 0 Å². The van der Waals surface area contributed by atoms with Crippen molar-refractivity contribution < 1.29 is 5.11 Å². The van der Waals surface area contributed by atoms with Crippen molar-refractivity contribution in [3.63, 3.8) is 0 Å². The zero-order chi connectivity index (χ0) is 15.1. The Bertz CT molecular complexity index is 671. The van der Waals surface area contributed by atoms with Crippen LogP contribution < -0.4 is 0 Å². The molecule has 3 atom stereocenters. The normalized spacial score (nSPS) is 27.6. The summed E-state index contributed by atoms with van der Waals surface area (Å²) in [5.74, 6) is 1.30. The molecule has 0 bridgehead atoms. The number of aliphatic hydroxyl groups is 1. The molecule has 5 heteroatoms. The number of hydrogen-bond donors (Lipinski definition) is 1. The minimum Gasteiger partial charge on any atom is -0.393 e. The minimum absolute atomic E-state index is 0.198. The van der Waals surface area contributed by atoms with Gasteiger partial charge in [0.05, 0.1) is 30.4 Å². The number of nitrogens with zero attached hydrogens (tertiary/aromatic N) is 3. The van der Waals surface area contributed by atoms with Crippen LogP contribution in [0.1, 0.15) is 24.9 Å². The lowest BCUT2D eigenvalue weighted by Gasteiger charge is -2.39. The van der Waals surface area contributed by atoms with Gasteiger partial charge in [-0.05, 0) is 12.0 Å². The molecule has 3 unspecified atom stereocenters. The molecule has 1 saturated heterocycles. The maximum Gasteiger partial charge on any atom is 0.0956 e. The van der Waals surface area contributed by atoms with Crippen molar-refractivity contribution in [2.45, 2.75) is 25.5 Å². The smallest absolute Gasteiger partial charge is 0.0956 e. The molecule has 1 fully saturated rings. The van der Waals surface area contributed by atoms with E-state index in [1.807, 2.05) is 24.5 Å². The van der Waals surface area contributed by atoms with E-state index in [2.05, 4.69) is 45.0 Å². The molecular formula is C17H21N3OS. The number of piperidine rings is 1. The quantitative estimate of drug-likeness (QED) is 0.884. The van der Waals surface area contributed by atoms with E-state index in [9.17, 15) is 5.11 Å². The standard InChI is InChI=1S/C17H21N3OS/c1-2-22-19-8-7-16(21)14(10-19)17-13-6-4-3-5-12(13)15-9-18-11-20(15)17/h3-6,9,11,14,16-17,21H,2,7-8,10H2,1H3. The third-order valence-corrected chi connectivity index (χ3v) is 5.78. The topological polar surface area (TPSA) is 41.3 Å². The van der Waals surface area contributed by atoms with E-state index in [0.29, 0.717) is 0 Å². The van der Waals surface area contributed by atoms with E-state index < -0.39 is 0 Å². The highest BCUT2D eigenvalue weighted by Gasteiger charge is 2.40. The van der Waals surface area contributed by atoms with E-state index in [-0.39, 0.29) is 18.1 Å². The molecule has 116 valence electrons. The lowest BCUT2D eigenvalue weighted by molar-refractivity contribution is 0.0383. The van der Waals surface area contributed by atoms with E-state index in [4.69, 9.17) is 0 Å². The van der Waals surface area contributed by atoms with Crippen molar-refractivity contribution in [3.8, 4) is 11.3 Å². The Hall–Kier alpha value is -1.30. The van der Waals surface area contributed by atoms with Crippen molar-refractivity contribution in [1.82, 2.24) is 13.9 Å². The molecular weight excluding hydrogens is 294 g/mol. The van der Waals surface area contributed by atoms with Crippen LogP contribution in [0.2, 0.25) is 0 Å². The summed E-state index contributed by atoms with van der Waals surface area (Å²) in [5, 5.41) is 10.6. The van der Waals surface area contributed by atoms with Gasteiger partial charge >= 0.3 is 0 Å². The predicted octanol–water partition coefficient (Wildman–Crippen LogP) is 2.80. The largest absolute Gasteiger partial charge is 0.393 e. The first kappa shape index (κ1) is 14.3. The molecule has 22 heavy (non-hydrogen) atoms. The zero-order valence-corrected chi connectivity index (χ0v) is 13.5. The minimum atomic E-state index is -0.250. The first-order valence-electron chi connectivity index (χ1n) is 7.96. The lowest BCUT2D eigenvalue weighted by atomic mass is 9.85. The van der Waals surface area contributed by atoms with Gasteiger partial charge in [-0.25, -0.2) is 4.98 Å². The molecule has 2 aromatic rings. The van der Waals surface area contributed by atoms with E-state index >= 15 is 0 Å². The molecule has 0 aliphatic carbocycles. The van der Waals surface area contributed by atoms with Crippen molar-refractivity contribution in [2.75, 3.05) is 18.8 Å². The molecule has 1 aromatic heterocycles. The number of fused-ring (bicyclic) bond motifs is 3. The highest BCUT2D eigenvalue weighted by molar-refractivity contribution is 7.96. The van der Waals surface area contributed by atoms with Crippen molar-refractivity contribution >= 4 is 11.9 Å². The number of benzene rings is 1. The van der Waals surface area contributed by atoms with Crippen molar-refractivity contribution in [2.24, 2.45) is 5.92 Å². The number of aliphatic hydroxyl groups excluding tert-OH is 1. The molecule has 1 N–H and O–H groups in total. The van der Waals surface area contributed by atoms with Gasteiger partial charge in [-0.15, -0.1) is 0 Å². The Labute approximate surface area is 135 Å². The van der Waals surface area contributed by atoms with Crippen LogP contribution >= 0.6 is 11.9 Å². The monoisotopic (exact) mass is 315 g/mol. The van der Waals surface area contributed by atoms with Crippen LogP contribution in [0.25, 0.3) is 11.3 Å². The maximum absolute atomic E-state index is 10.6. The van der Waals surface area contributed by atoms with Gasteiger partial charge in [0, 0.05) is 30.3 Å². The Balaban J connectivity index is 1.72. The molecule has 3 heterocycles. The van der Waals surface area contributed by atoms with E-state index in [0.717, 1.165) is 25.3 Å². The second-order valence-electron chi connectivity index (χ2n) is 6.04. The maximum atomic E-state index is 10.6. The van der Waals surface area contributed by atoms with Crippen molar-refractivity contribution in [3.05, 3.63) is 42.4 Å². The van der Waals surface area contributed by atoms with Gasteiger partial charge < -0.3 is 9.67 Å².